The highest BCUT2D eigenvalue weighted by molar-refractivity contribution is 6.30. The monoisotopic (exact) mass is 292 g/mol. The summed E-state index contributed by atoms with van der Waals surface area (Å²) in [7, 11) is 1.68. The van der Waals surface area contributed by atoms with Crippen LogP contribution in [0.4, 0.5) is 0 Å². The number of benzene rings is 1. The van der Waals surface area contributed by atoms with E-state index in [1.807, 2.05) is 0 Å². The Hall–Kier alpha value is -1.73. The molecule has 0 radical (unpaired) electrons. The second-order valence-electron chi connectivity index (χ2n) is 5.05. The summed E-state index contributed by atoms with van der Waals surface area (Å²) in [4.78, 5) is 13.7. The SMILES string of the molecule is CN(C(=O)COc1ccc(Cl)cc1)C1(C#N)CCCC1. The average Bonchev–Trinajstić information content (AvgIpc) is 2.95. The van der Waals surface area contributed by atoms with Crippen LogP contribution in [0, 0.1) is 11.3 Å². The fraction of sp³-hybridized carbons (Fsp3) is 0.467. The number of carbonyl (C=O) groups excluding carboxylic acids is 1. The molecule has 0 bridgehead atoms. The first kappa shape index (κ1) is 14.7. The minimum absolute atomic E-state index is 0.0679. The molecule has 0 spiro atoms. The molecule has 0 saturated heterocycles. The van der Waals surface area contributed by atoms with Gasteiger partial charge in [-0.1, -0.05) is 11.6 Å². The van der Waals surface area contributed by atoms with Gasteiger partial charge in [0, 0.05) is 12.1 Å². The Labute approximate surface area is 123 Å². The smallest absolute Gasteiger partial charge is 0.261 e. The van der Waals surface area contributed by atoms with Crippen molar-refractivity contribution in [2.24, 2.45) is 0 Å². The quantitative estimate of drug-likeness (QED) is 0.857. The van der Waals surface area contributed by atoms with E-state index in [2.05, 4.69) is 6.07 Å². The highest BCUT2D eigenvalue weighted by atomic mass is 35.5. The normalized spacial score (nSPS) is 16.4. The zero-order valence-electron chi connectivity index (χ0n) is 11.4. The number of amides is 1. The molecule has 5 heteroatoms. The van der Waals surface area contributed by atoms with Crippen LogP contribution in [0.15, 0.2) is 24.3 Å². The summed E-state index contributed by atoms with van der Waals surface area (Å²) < 4.78 is 5.43. The molecule has 0 aromatic heterocycles. The number of nitriles is 1. The van der Waals surface area contributed by atoms with Crippen LogP contribution in [0.25, 0.3) is 0 Å². The lowest BCUT2D eigenvalue weighted by molar-refractivity contribution is -0.136. The van der Waals surface area contributed by atoms with Gasteiger partial charge in [0.25, 0.3) is 5.91 Å². The molecule has 4 nitrogen and oxygen atoms in total. The Morgan fingerprint density at radius 1 is 1.40 bits per heavy atom. The van der Waals surface area contributed by atoms with E-state index in [4.69, 9.17) is 16.3 Å². The Morgan fingerprint density at radius 2 is 2.00 bits per heavy atom. The number of likely N-dealkylation sites (N-methyl/N-ethyl adjacent to an activating group) is 1. The highest BCUT2D eigenvalue weighted by Crippen LogP contribution is 2.33. The molecule has 1 aromatic rings. The summed E-state index contributed by atoms with van der Waals surface area (Å²) in [5.74, 6) is 0.414. The predicted octanol–water partition coefficient (Wildman–Crippen LogP) is 3.01. The molecule has 106 valence electrons. The minimum Gasteiger partial charge on any atom is -0.484 e. The van der Waals surface area contributed by atoms with Crippen molar-refractivity contribution in [2.45, 2.75) is 31.2 Å². The predicted molar refractivity (Wildman–Crippen MR) is 76.5 cm³/mol. The molecule has 1 aliphatic carbocycles. The van der Waals surface area contributed by atoms with E-state index in [1.165, 1.54) is 4.90 Å². The molecule has 1 aromatic carbocycles. The van der Waals surface area contributed by atoms with Gasteiger partial charge in [0.1, 0.15) is 11.3 Å². The minimum atomic E-state index is -0.652. The van der Waals surface area contributed by atoms with Crippen LogP contribution in [0.1, 0.15) is 25.7 Å². The molecule has 0 aliphatic heterocycles. The van der Waals surface area contributed by atoms with Gasteiger partial charge in [0.05, 0.1) is 6.07 Å². The fourth-order valence-corrected chi connectivity index (χ4v) is 2.62. The van der Waals surface area contributed by atoms with Crippen LogP contribution in [-0.4, -0.2) is 30.0 Å². The maximum atomic E-state index is 12.2. The molecule has 0 atom stereocenters. The van der Waals surface area contributed by atoms with Crippen molar-refractivity contribution in [1.82, 2.24) is 4.90 Å². The Morgan fingerprint density at radius 3 is 2.55 bits per heavy atom. The maximum Gasteiger partial charge on any atom is 0.261 e. The van der Waals surface area contributed by atoms with Crippen molar-refractivity contribution in [2.75, 3.05) is 13.7 Å². The lowest BCUT2D eigenvalue weighted by atomic mass is 9.98. The Kier molecular flexibility index (Phi) is 4.51. The Bertz CT molecular complexity index is 516. The summed E-state index contributed by atoms with van der Waals surface area (Å²) in [6.45, 7) is -0.0679. The van der Waals surface area contributed by atoms with Crippen molar-refractivity contribution in [1.29, 1.82) is 5.26 Å². The van der Waals surface area contributed by atoms with Gasteiger partial charge in [-0.3, -0.25) is 4.79 Å². The molecule has 1 saturated carbocycles. The van der Waals surface area contributed by atoms with Gasteiger partial charge in [-0.25, -0.2) is 0 Å². The van der Waals surface area contributed by atoms with Crippen molar-refractivity contribution in [3.8, 4) is 11.8 Å². The van der Waals surface area contributed by atoms with Gasteiger partial charge < -0.3 is 9.64 Å². The molecule has 2 rings (SSSR count). The lowest BCUT2D eigenvalue weighted by Gasteiger charge is -2.32. The average molecular weight is 293 g/mol. The van der Waals surface area contributed by atoms with E-state index in [-0.39, 0.29) is 12.5 Å². The molecular weight excluding hydrogens is 276 g/mol. The number of carbonyl (C=O) groups is 1. The first-order valence-electron chi connectivity index (χ1n) is 6.64. The second-order valence-corrected chi connectivity index (χ2v) is 5.48. The summed E-state index contributed by atoms with van der Waals surface area (Å²) in [5, 5.41) is 9.97. The summed E-state index contributed by atoms with van der Waals surface area (Å²) in [6.07, 6.45) is 3.46. The van der Waals surface area contributed by atoms with E-state index in [9.17, 15) is 10.1 Å². The van der Waals surface area contributed by atoms with Crippen LogP contribution in [0.3, 0.4) is 0 Å². The molecule has 0 N–H and O–H groups in total. The van der Waals surface area contributed by atoms with E-state index >= 15 is 0 Å². The number of halogens is 1. The van der Waals surface area contributed by atoms with Gasteiger partial charge in [0.15, 0.2) is 6.61 Å². The highest BCUT2D eigenvalue weighted by Gasteiger charge is 2.40. The topological polar surface area (TPSA) is 53.3 Å². The fourth-order valence-electron chi connectivity index (χ4n) is 2.49. The third-order valence-corrected chi connectivity index (χ3v) is 4.08. The van der Waals surface area contributed by atoms with Gasteiger partial charge in [-0.05, 0) is 49.9 Å². The zero-order valence-corrected chi connectivity index (χ0v) is 12.2. The molecule has 1 amide bonds. The van der Waals surface area contributed by atoms with Crippen molar-refractivity contribution in [3.05, 3.63) is 29.3 Å². The molecule has 0 unspecified atom stereocenters. The van der Waals surface area contributed by atoms with E-state index in [0.717, 1.165) is 25.7 Å². The van der Waals surface area contributed by atoms with Crippen LogP contribution in [-0.2, 0) is 4.79 Å². The van der Waals surface area contributed by atoms with Crippen molar-refractivity contribution >= 4 is 17.5 Å². The first-order valence-corrected chi connectivity index (χ1v) is 7.01. The lowest BCUT2D eigenvalue weighted by Crippen LogP contribution is -2.48. The van der Waals surface area contributed by atoms with Crippen molar-refractivity contribution < 1.29 is 9.53 Å². The van der Waals surface area contributed by atoms with E-state index < -0.39 is 5.54 Å². The van der Waals surface area contributed by atoms with Gasteiger partial charge >= 0.3 is 0 Å². The standard InChI is InChI=1S/C15H17ClN2O2/c1-18(15(11-17)8-2-3-9-15)14(19)10-20-13-6-4-12(16)5-7-13/h4-7H,2-3,8-10H2,1H3. The van der Waals surface area contributed by atoms with Crippen LogP contribution < -0.4 is 4.74 Å². The number of nitrogens with zero attached hydrogens (tertiary/aromatic N) is 2. The Balaban J connectivity index is 1.94. The summed E-state index contributed by atoms with van der Waals surface area (Å²) in [6, 6.07) is 9.14. The van der Waals surface area contributed by atoms with Crippen LogP contribution in [0.5, 0.6) is 5.75 Å². The van der Waals surface area contributed by atoms with Crippen LogP contribution >= 0.6 is 11.6 Å². The number of hydrogen-bond donors (Lipinski definition) is 0. The largest absolute Gasteiger partial charge is 0.484 e. The number of hydrogen-bond acceptors (Lipinski definition) is 3. The van der Waals surface area contributed by atoms with Gasteiger partial charge in [-0.15, -0.1) is 0 Å². The molecule has 1 fully saturated rings. The molecule has 1 aliphatic rings. The maximum absolute atomic E-state index is 12.2. The van der Waals surface area contributed by atoms with E-state index in [0.29, 0.717) is 10.8 Å². The number of ether oxygens (including phenoxy) is 1. The van der Waals surface area contributed by atoms with Crippen molar-refractivity contribution in [3.63, 3.8) is 0 Å². The second kappa shape index (κ2) is 6.15. The third kappa shape index (κ3) is 3.05. The van der Waals surface area contributed by atoms with E-state index in [1.54, 1.807) is 31.3 Å². The molecule has 0 heterocycles. The van der Waals surface area contributed by atoms with Gasteiger partial charge in [0.2, 0.25) is 0 Å². The molecule has 20 heavy (non-hydrogen) atoms. The number of rotatable bonds is 4. The summed E-state index contributed by atoms with van der Waals surface area (Å²) >= 11 is 5.78. The zero-order chi connectivity index (χ0) is 14.6. The summed E-state index contributed by atoms with van der Waals surface area (Å²) in [5.41, 5.74) is -0.652. The first-order chi connectivity index (χ1) is 9.57. The third-order valence-electron chi connectivity index (χ3n) is 3.83. The van der Waals surface area contributed by atoms with Gasteiger partial charge in [-0.2, -0.15) is 5.26 Å². The molecular formula is C15H17ClN2O2. The van der Waals surface area contributed by atoms with Crippen LogP contribution in [0.2, 0.25) is 5.02 Å².